The molecule has 1 aliphatic rings. The lowest BCUT2D eigenvalue weighted by Gasteiger charge is -2.26. The summed E-state index contributed by atoms with van der Waals surface area (Å²) in [5.41, 5.74) is 1.51. The molecule has 0 saturated carbocycles. The van der Waals surface area contributed by atoms with E-state index in [0.29, 0.717) is 35.2 Å². The Hall–Kier alpha value is -2.74. The van der Waals surface area contributed by atoms with Gasteiger partial charge in [0.2, 0.25) is 0 Å². The van der Waals surface area contributed by atoms with E-state index in [4.69, 9.17) is 18.9 Å². The van der Waals surface area contributed by atoms with Gasteiger partial charge in [0.25, 0.3) is 0 Å². The van der Waals surface area contributed by atoms with Crippen LogP contribution in [0.3, 0.4) is 0 Å². The number of benzene rings is 2. The van der Waals surface area contributed by atoms with Gasteiger partial charge in [0.1, 0.15) is 16.9 Å². The molecule has 1 aliphatic heterocycles. The van der Waals surface area contributed by atoms with Crippen molar-refractivity contribution in [3.8, 4) is 23.0 Å². The fourth-order valence-corrected chi connectivity index (χ4v) is 4.39. The number of para-hydroxylation sites is 1. The summed E-state index contributed by atoms with van der Waals surface area (Å²) in [5.74, 6) is 3.34. The smallest absolute Gasteiger partial charge is 0.323 e. The Labute approximate surface area is 168 Å². The maximum atomic E-state index is 13.0. The molecule has 0 unspecified atom stereocenters. The van der Waals surface area contributed by atoms with Gasteiger partial charge >= 0.3 is 6.03 Å². The number of urea groups is 1. The van der Waals surface area contributed by atoms with Gasteiger partial charge in [-0.15, -0.1) is 11.8 Å². The Morgan fingerprint density at radius 2 is 1.75 bits per heavy atom. The second kappa shape index (κ2) is 8.97. The number of carbonyl (C=O) groups excluding carboxylic acids is 1. The van der Waals surface area contributed by atoms with E-state index in [-0.39, 0.29) is 11.4 Å². The van der Waals surface area contributed by atoms with Crippen molar-refractivity contribution < 1.29 is 23.7 Å². The number of nitrogens with zero attached hydrogens (tertiary/aromatic N) is 1. The molecule has 28 heavy (non-hydrogen) atoms. The van der Waals surface area contributed by atoms with Crippen LogP contribution in [0.5, 0.6) is 23.0 Å². The predicted molar refractivity (Wildman–Crippen MR) is 110 cm³/mol. The number of anilines is 1. The molecule has 0 spiro atoms. The van der Waals surface area contributed by atoms with Crippen LogP contribution in [0.2, 0.25) is 0 Å². The lowest BCUT2D eigenvalue weighted by molar-refractivity contribution is 0.213. The highest BCUT2D eigenvalue weighted by atomic mass is 32.2. The summed E-state index contributed by atoms with van der Waals surface area (Å²) in [7, 11) is 6.35. The van der Waals surface area contributed by atoms with Gasteiger partial charge in [-0.05, 0) is 6.07 Å². The van der Waals surface area contributed by atoms with E-state index in [1.165, 1.54) is 0 Å². The number of thioether (sulfide) groups is 1. The first-order valence-corrected chi connectivity index (χ1v) is 9.79. The molecule has 1 fully saturated rings. The number of methoxy groups -OCH3 is 4. The SMILES string of the molecule is COc1cc(NC(=O)N2CCS[C@@H]2c2cccc(OC)c2OC)cc(OC)c1. The minimum absolute atomic E-state index is 0.169. The van der Waals surface area contributed by atoms with Gasteiger partial charge in [-0.25, -0.2) is 4.79 Å². The fourth-order valence-electron chi connectivity index (χ4n) is 3.12. The molecule has 1 heterocycles. The van der Waals surface area contributed by atoms with Crippen LogP contribution < -0.4 is 24.3 Å². The quantitative estimate of drug-likeness (QED) is 0.785. The third kappa shape index (κ3) is 4.06. The van der Waals surface area contributed by atoms with Crippen LogP contribution in [0.1, 0.15) is 10.9 Å². The van der Waals surface area contributed by atoms with Crippen LogP contribution >= 0.6 is 11.8 Å². The highest BCUT2D eigenvalue weighted by Gasteiger charge is 2.33. The van der Waals surface area contributed by atoms with E-state index in [1.807, 2.05) is 18.2 Å². The molecular weight excluding hydrogens is 380 g/mol. The second-order valence-electron chi connectivity index (χ2n) is 6.03. The van der Waals surface area contributed by atoms with E-state index in [9.17, 15) is 4.79 Å². The third-order valence-electron chi connectivity index (χ3n) is 4.45. The Morgan fingerprint density at radius 3 is 2.36 bits per heavy atom. The van der Waals surface area contributed by atoms with Gasteiger partial charge in [0, 0.05) is 41.7 Å². The van der Waals surface area contributed by atoms with Crippen molar-refractivity contribution >= 4 is 23.5 Å². The summed E-state index contributed by atoms with van der Waals surface area (Å²) in [6.07, 6.45) is 0. The van der Waals surface area contributed by atoms with Crippen molar-refractivity contribution in [3.05, 3.63) is 42.0 Å². The van der Waals surface area contributed by atoms with Gasteiger partial charge in [-0.2, -0.15) is 0 Å². The van der Waals surface area contributed by atoms with Crippen molar-refractivity contribution in [1.29, 1.82) is 0 Å². The van der Waals surface area contributed by atoms with Gasteiger partial charge in [0.15, 0.2) is 11.5 Å². The molecule has 0 aromatic heterocycles. The largest absolute Gasteiger partial charge is 0.497 e. The normalized spacial score (nSPS) is 15.9. The Balaban J connectivity index is 1.85. The van der Waals surface area contributed by atoms with Crippen LogP contribution in [0.25, 0.3) is 0 Å². The Morgan fingerprint density at radius 1 is 1.04 bits per heavy atom. The number of nitrogens with one attached hydrogen (secondary N) is 1. The summed E-state index contributed by atoms with van der Waals surface area (Å²) in [5, 5.41) is 2.77. The monoisotopic (exact) mass is 404 g/mol. The summed E-state index contributed by atoms with van der Waals surface area (Å²) in [6.45, 7) is 0.628. The lowest BCUT2D eigenvalue weighted by Crippen LogP contribution is -2.34. The van der Waals surface area contributed by atoms with Crippen LogP contribution in [-0.4, -0.2) is 51.7 Å². The molecule has 2 aromatic carbocycles. The van der Waals surface area contributed by atoms with E-state index in [2.05, 4.69) is 5.32 Å². The average molecular weight is 404 g/mol. The zero-order valence-corrected chi connectivity index (χ0v) is 17.2. The number of hydrogen-bond donors (Lipinski definition) is 1. The van der Waals surface area contributed by atoms with Crippen molar-refractivity contribution in [3.63, 3.8) is 0 Å². The maximum absolute atomic E-state index is 13.0. The molecule has 2 aromatic rings. The second-order valence-corrected chi connectivity index (χ2v) is 7.22. The Kier molecular flexibility index (Phi) is 6.41. The highest BCUT2D eigenvalue weighted by Crippen LogP contribution is 2.45. The molecule has 0 aliphatic carbocycles. The third-order valence-corrected chi connectivity index (χ3v) is 5.70. The van der Waals surface area contributed by atoms with E-state index < -0.39 is 0 Å². The Bertz CT molecular complexity index is 823. The first kappa shape index (κ1) is 20.0. The molecule has 1 atom stereocenters. The molecule has 1 saturated heterocycles. The van der Waals surface area contributed by atoms with Crippen LogP contribution in [0.4, 0.5) is 10.5 Å². The maximum Gasteiger partial charge on any atom is 0.323 e. The summed E-state index contributed by atoms with van der Waals surface area (Å²) < 4.78 is 21.5. The number of hydrogen-bond acceptors (Lipinski definition) is 6. The van der Waals surface area contributed by atoms with Crippen molar-refractivity contribution in [2.24, 2.45) is 0 Å². The number of ether oxygens (including phenoxy) is 4. The van der Waals surface area contributed by atoms with E-state index in [1.54, 1.807) is 63.3 Å². The zero-order chi connectivity index (χ0) is 20.1. The lowest BCUT2D eigenvalue weighted by atomic mass is 10.1. The topological polar surface area (TPSA) is 69.3 Å². The minimum atomic E-state index is -0.199. The van der Waals surface area contributed by atoms with Crippen LogP contribution in [-0.2, 0) is 0 Å². The molecule has 0 radical (unpaired) electrons. The number of carbonyl (C=O) groups is 1. The standard InChI is InChI=1S/C20H24N2O5S/c1-24-14-10-13(11-15(12-14)25-2)21-20(23)22-8-9-28-19(22)16-6-5-7-17(26-3)18(16)27-4/h5-7,10-12,19H,8-9H2,1-4H3,(H,21,23)/t19-/m1/s1. The summed E-state index contributed by atoms with van der Waals surface area (Å²) >= 11 is 1.69. The van der Waals surface area contributed by atoms with Crippen molar-refractivity contribution in [2.45, 2.75) is 5.37 Å². The number of rotatable bonds is 6. The van der Waals surface area contributed by atoms with Crippen molar-refractivity contribution in [2.75, 3.05) is 46.1 Å². The van der Waals surface area contributed by atoms with Gasteiger partial charge in [-0.3, -0.25) is 0 Å². The minimum Gasteiger partial charge on any atom is -0.497 e. The first-order valence-electron chi connectivity index (χ1n) is 8.74. The molecule has 7 nitrogen and oxygen atoms in total. The van der Waals surface area contributed by atoms with E-state index in [0.717, 1.165) is 11.3 Å². The van der Waals surface area contributed by atoms with Crippen LogP contribution in [0, 0.1) is 0 Å². The summed E-state index contributed by atoms with van der Waals surface area (Å²) in [6, 6.07) is 10.8. The molecule has 150 valence electrons. The predicted octanol–water partition coefficient (Wildman–Crippen LogP) is 4.00. The zero-order valence-electron chi connectivity index (χ0n) is 16.4. The highest BCUT2D eigenvalue weighted by molar-refractivity contribution is 7.99. The molecule has 2 amide bonds. The first-order chi connectivity index (χ1) is 13.6. The van der Waals surface area contributed by atoms with Crippen molar-refractivity contribution in [1.82, 2.24) is 4.90 Å². The summed E-state index contributed by atoms with van der Waals surface area (Å²) in [4.78, 5) is 14.8. The van der Waals surface area contributed by atoms with Gasteiger partial charge in [0.05, 0.1) is 28.4 Å². The molecule has 1 N–H and O–H groups in total. The van der Waals surface area contributed by atoms with Gasteiger partial charge < -0.3 is 29.2 Å². The average Bonchev–Trinajstić information content (AvgIpc) is 3.22. The van der Waals surface area contributed by atoms with Gasteiger partial charge in [-0.1, -0.05) is 12.1 Å². The number of amides is 2. The molecular formula is C20H24N2O5S. The fraction of sp³-hybridized carbons (Fsp3) is 0.350. The van der Waals surface area contributed by atoms with E-state index >= 15 is 0 Å². The molecule has 0 bridgehead atoms. The molecule has 3 rings (SSSR count). The van der Waals surface area contributed by atoms with Crippen LogP contribution in [0.15, 0.2) is 36.4 Å². The molecule has 8 heteroatoms.